The fourth-order valence-electron chi connectivity index (χ4n) is 3.22. The van der Waals surface area contributed by atoms with Crippen LogP contribution in [0.15, 0.2) is 46.1 Å². The molecule has 10 nitrogen and oxygen atoms in total. The summed E-state index contributed by atoms with van der Waals surface area (Å²) in [6, 6.07) is 5.49. The van der Waals surface area contributed by atoms with E-state index in [1.807, 2.05) is 33.8 Å². The Labute approximate surface area is 233 Å². The van der Waals surface area contributed by atoms with Gasteiger partial charge < -0.3 is 25.0 Å². The molecule has 214 valence electrons. The molecule has 1 fully saturated rings. The van der Waals surface area contributed by atoms with Gasteiger partial charge in [-0.05, 0) is 51.3 Å². The number of aldehydes is 1. The third kappa shape index (κ3) is 10.6. The van der Waals surface area contributed by atoms with E-state index in [2.05, 4.69) is 27.9 Å². The summed E-state index contributed by atoms with van der Waals surface area (Å²) in [5.74, 6) is 0.0960. The molecule has 39 heavy (non-hydrogen) atoms. The van der Waals surface area contributed by atoms with E-state index in [-0.39, 0.29) is 22.8 Å². The number of hydrogen-bond acceptors (Lipinski definition) is 9. The fourth-order valence-corrected chi connectivity index (χ4v) is 3.87. The van der Waals surface area contributed by atoms with E-state index in [4.69, 9.17) is 9.15 Å². The largest absolute Gasteiger partial charge is 0.493 e. The highest BCUT2D eigenvalue weighted by molar-refractivity contribution is 7.16. The van der Waals surface area contributed by atoms with Crippen LogP contribution in [0.1, 0.15) is 69.6 Å². The van der Waals surface area contributed by atoms with Crippen LogP contribution in [-0.2, 0) is 11.2 Å². The van der Waals surface area contributed by atoms with Crippen molar-refractivity contribution >= 4 is 40.0 Å². The quantitative estimate of drug-likeness (QED) is 0.182. The van der Waals surface area contributed by atoms with Crippen LogP contribution in [0.4, 0.5) is 0 Å². The zero-order chi connectivity index (χ0) is 29.2. The number of ether oxygens (including phenoxy) is 1. The number of amides is 1. The van der Waals surface area contributed by atoms with Gasteiger partial charge in [-0.3, -0.25) is 4.79 Å². The van der Waals surface area contributed by atoms with Gasteiger partial charge in [-0.25, -0.2) is 9.48 Å². The summed E-state index contributed by atoms with van der Waals surface area (Å²) >= 11 is 1.05. The average Bonchev–Trinajstić information content (AvgIpc) is 3.57. The molecular weight excluding hydrogens is 518 g/mol. The Morgan fingerprint density at radius 1 is 1.31 bits per heavy atom. The van der Waals surface area contributed by atoms with Crippen molar-refractivity contribution < 1.29 is 18.7 Å². The van der Waals surface area contributed by atoms with Gasteiger partial charge >= 0.3 is 4.94 Å². The highest BCUT2D eigenvalue weighted by Gasteiger charge is 2.27. The SMILES string of the molecule is C=CC(C=O)C/C=C/n1nnc(C(=O)NC2CC2)c1CCCOc1ccc2sc(=O)oc2c1.CC.CC.CN. The number of aromatic nitrogens is 3. The van der Waals surface area contributed by atoms with Crippen molar-refractivity contribution in [3.8, 4) is 5.75 Å². The number of fused-ring (bicyclic) bond motifs is 1. The molecule has 4 rings (SSSR count). The van der Waals surface area contributed by atoms with Gasteiger partial charge in [-0.1, -0.05) is 56.4 Å². The second-order valence-electron chi connectivity index (χ2n) is 7.75. The molecule has 0 saturated heterocycles. The molecule has 1 aliphatic rings. The molecule has 3 N–H and O–H groups in total. The van der Waals surface area contributed by atoms with Crippen LogP contribution in [0.5, 0.6) is 5.75 Å². The summed E-state index contributed by atoms with van der Waals surface area (Å²) in [6.07, 6.45) is 9.51. The van der Waals surface area contributed by atoms with Crippen LogP contribution < -0.4 is 20.7 Å². The third-order valence-electron chi connectivity index (χ3n) is 5.18. The molecule has 2 heterocycles. The summed E-state index contributed by atoms with van der Waals surface area (Å²) in [6.45, 7) is 12.0. The number of carbonyl (C=O) groups excluding carboxylic acids is 2. The summed E-state index contributed by atoms with van der Waals surface area (Å²) in [7, 11) is 1.50. The van der Waals surface area contributed by atoms with Crippen molar-refractivity contribution in [2.75, 3.05) is 13.7 Å². The number of nitrogens with zero attached hydrogens (tertiary/aromatic N) is 3. The molecule has 0 bridgehead atoms. The normalized spacial score (nSPS) is 12.7. The Hall–Kier alpha value is -3.57. The topological polar surface area (TPSA) is 142 Å². The molecule has 0 spiro atoms. The highest BCUT2D eigenvalue weighted by atomic mass is 32.1. The van der Waals surface area contributed by atoms with Gasteiger partial charge in [-0.15, -0.1) is 11.7 Å². The van der Waals surface area contributed by atoms with Crippen LogP contribution in [0, 0.1) is 5.92 Å². The third-order valence-corrected chi connectivity index (χ3v) is 5.99. The van der Waals surface area contributed by atoms with E-state index in [1.54, 1.807) is 35.2 Å². The summed E-state index contributed by atoms with van der Waals surface area (Å²) < 4.78 is 13.3. The minimum absolute atomic E-state index is 0.211. The summed E-state index contributed by atoms with van der Waals surface area (Å²) in [5, 5.41) is 11.1. The highest BCUT2D eigenvalue weighted by Crippen LogP contribution is 2.23. The Morgan fingerprint density at radius 3 is 2.67 bits per heavy atom. The van der Waals surface area contributed by atoms with Crippen molar-refractivity contribution in [3.05, 3.63) is 58.1 Å². The van der Waals surface area contributed by atoms with Gasteiger partial charge in [0.25, 0.3) is 5.91 Å². The molecular formula is C28H41N5O5S. The second kappa shape index (κ2) is 18.6. The lowest BCUT2D eigenvalue weighted by Gasteiger charge is -2.08. The number of rotatable bonds is 12. The first-order valence-corrected chi connectivity index (χ1v) is 14.1. The number of allylic oxidation sites excluding steroid dienone is 2. The lowest BCUT2D eigenvalue weighted by Crippen LogP contribution is -2.27. The van der Waals surface area contributed by atoms with Crippen LogP contribution in [0.25, 0.3) is 16.5 Å². The Balaban J connectivity index is 0.00000119. The van der Waals surface area contributed by atoms with E-state index >= 15 is 0 Å². The molecule has 1 amide bonds. The van der Waals surface area contributed by atoms with Crippen LogP contribution in [-0.4, -0.2) is 46.9 Å². The van der Waals surface area contributed by atoms with Crippen LogP contribution in [0.2, 0.25) is 0 Å². The molecule has 2 aromatic heterocycles. The minimum Gasteiger partial charge on any atom is -0.493 e. The molecule has 1 aromatic carbocycles. The van der Waals surface area contributed by atoms with Gasteiger partial charge in [0.15, 0.2) is 11.3 Å². The molecule has 1 atom stereocenters. The molecule has 0 radical (unpaired) electrons. The van der Waals surface area contributed by atoms with Gasteiger partial charge in [0.1, 0.15) is 12.0 Å². The van der Waals surface area contributed by atoms with Gasteiger partial charge in [0, 0.05) is 24.2 Å². The van der Waals surface area contributed by atoms with Crippen molar-refractivity contribution in [3.63, 3.8) is 0 Å². The van der Waals surface area contributed by atoms with E-state index in [9.17, 15) is 14.4 Å². The first-order chi connectivity index (χ1) is 19.1. The van der Waals surface area contributed by atoms with Crippen LogP contribution >= 0.6 is 11.3 Å². The maximum absolute atomic E-state index is 12.6. The van der Waals surface area contributed by atoms with Crippen molar-refractivity contribution in [2.24, 2.45) is 11.7 Å². The number of benzene rings is 1. The molecule has 3 aromatic rings. The molecule has 1 saturated carbocycles. The smallest absolute Gasteiger partial charge is 0.396 e. The Kier molecular flexibility index (Phi) is 16.0. The zero-order valence-electron chi connectivity index (χ0n) is 23.5. The Bertz CT molecular complexity index is 1230. The maximum Gasteiger partial charge on any atom is 0.396 e. The lowest BCUT2D eigenvalue weighted by molar-refractivity contribution is -0.109. The van der Waals surface area contributed by atoms with Crippen molar-refractivity contribution in [2.45, 2.75) is 65.8 Å². The average molecular weight is 560 g/mol. The Morgan fingerprint density at radius 2 is 2.03 bits per heavy atom. The monoisotopic (exact) mass is 559 g/mol. The van der Waals surface area contributed by atoms with Crippen LogP contribution in [0.3, 0.4) is 0 Å². The summed E-state index contributed by atoms with van der Waals surface area (Å²) in [5.41, 5.74) is 5.97. The molecule has 1 aliphatic carbocycles. The van der Waals surface area contributed by atoms with Crippen molar-refractivity contribution in [1.29, 1.82) is 0 Å². The molecule has 1 unspecified atom stereocenters. The number of carbonyl (C=O) groups is 2. The maximum atomic E-state index is 12.6. The van der Waals surface area contributed by atoms with E-state index in [1.165, 1.54) is 7.05 Å². The van der Waals surface area contributed by atoms with E-state index < -0.39 is 0 Å². The second-order valence-corrected chi connectivity index (χ2v) is 8.73. The van der Waals surface area contributed by atoms with E-state index in [0.717, 1.165) is 35.2 Å². The predicted octanol–water partition coefficient (Wildman–Crippen LogP) is 4.84. The number of nitrogens with two attached hydrogens (primary N) is 1. The molecule has 11 heteroatoms. The number of hydrogen-bond donors (Lipinski definition) is 2. The first-order valence-electron chi connectivity index (χ1n) is 13.3. The number of nitrogens with one attached hydrogen (secondary N) is 1. The van der Waals surface area contributed by atoms with Crippen molar-refractivity contribution in [1.82, 2.24) is 20.3 Å². The lowest BCUT2D eigenvalue weighted by atomic mass is 10.1. The van der Waals surface area contributed by atoms with Gasteiger partial charge in [0.05, 0.1) is 17.0 Å². The van der Waals surface area contributed by atoms with E-state index in [0.29, 0.717) is 48.6 Å². The zero-order valence-corrected chi connectivity index (χ0v) is 24.3. The fraction of sp³-hybridized carbons (Fsp3) is 0.464. The summed E-state index contributed by atoms with van der Waals surface area (Å²) in [4.78, 5) is 34.6. The van der Waals surface area contributed by atoms with Gasteiger partial charge in [-0.2, -0.15) is 0 Å². The molecule has 0 aliphatic heterocycles. The minimum atomic E-state index is -0.347. The first kappa shape index (κ1) is 33.5. The standard InChI is InChI=1S/C23H24N4O5S.2C2H6.CH5N/c1-2-15(14-28)5-3-11-27-18(21(25-26-27)22(29)24-16-7-8-16)6-4-12-31-17-9-10-20-19(13-17)32-23(30)33-20;3*1-2/h2-3,9-11,13-16H,1,4-8,12H2,(H,24,29);2*1-2H3;2H2,1H3/b11-3+;;;. The predicted molar refractivity (Wildman–Crippen MR) is 157 cm³/mol. The van der Waals surface area contributed by atoms with Gasteiger partial charge in [0.2, 0.25) is 0 Å².